The van der Waals surface area contributed by atoms with Crippen molar-refractivity contribution in [2.24, 2.45) is 5.73 Å². The predicted octanol–water partition coefficient (Wildman–Crippen LogP) is 3.46. The maximum Gasteiger partial charge on any atom is 0.250 e. The summed E-state index contributed by atoms with van der Waals surface area (Å²) in [5.74, 6) is 0.00702. The Morgan fingerprint density at radius 3 is 2.72 bits per heavy atom. The molecule has 0 saturated carbocycles. The van der Waals surface area contributed by atoms with E-state index >= 15 is 0 Å². The molecular weight excluding hydrogens is 336 g/mol. The summed E-state index contributed by atoms with van der Waals surface area (Å²) in [6.07, 6.45) is 4.20. The minimum Gasteiger partial charge on any atom is -0.366 e. The van der Waals surface area contributed by atoms with Crippen LogP contribution in [0.2, 0.25) is 0 Å². The van der Waals surface area contributed by atoms with Crippen molar-refractivity contribution < 1.29 is 4.79 Å². The molecule has 3 aromatic rings. The van der Waals surface area contributed by atoms with E-state index in [2.05, 4.69) is 29.4 Å². The molecule has 128 valence electrons. The number of nitrogens with two attached hydrogens (primary N) is 1. The number of piperidine rings is 1. The van der Waals surface area contributed by atoms with Gasteiger partial charge in [0.15, 0.2) is 0 Å². The first-order valence-electron chi connectivity index (χ1n) is 8.41. The lowest BCUT2D eigenvalue weighted by Gasteiger charge is -2.27. The number of nitrogens with zero attached hydrogens (tertiary/aromatic N) is 3. The predicted molar refractivity (Wildman–Crippen MR) is 99.0 cm³/mol. The van der Waals surface area contributed by atoms with Crippen LogP contribution in [0.1, 0.15) is 34.7 Å². The molecule has 5 nitrogen and oxygen atoms in total. The number of hydrogen-bond donors (Lipinski definition) is 1. The lowest BCUT2D eigenvalue weighted by Crippen LogP contribution is -2.26. The van der Waals surface area contributed by atoms with Crippen molar-refractivity contribution in [1.82, 2.24) is 14.2 Å². The molecule has 0 radical (unpaired) electrons. The van der Waals surface area contributed by atoms with Gasteiger partial charge in [-0.2, -0.15) is 5.10 Å². The van der Waals surface area contributed by atoms with Crippen molar-refractivity contribution in [1.29, 1.82) is 0 Å². The molecule has 1 aliphatic rings. The molecule has 0 bridgehead atoms. The molecule has 2 N–H and O–H groups in total. The van der Waals surface area contributed by atoms with Gasteiger partial charge in [0.2, 0.25) is 0 Å². The quantitative estimate of drug-likeness (QED) is 0.732. The molecule has 0 spiro atoms. The van der Waals surface area contributed by atoms with E-state index in [0.717, 1.165) is 37.0 Å². The minimum absolute atomic E-state index is 0.442. The van der Waals surface area contributed by atoms with E-state index in [1.165, 1.54) is 5.56 Å². The molecule has 2 aromatic carbocycles. The zero-order chi connectivity index (χ0) is 17.4. The number of halogens is 1. The van der Waals surface area contributed by atoms with Crippen molar-refractivity contribution in [3.05, 3.63) is 59.8 Å². The highest BCUT2D eigenvalue weighted by molar-refractivity contribution is 6.13. The molecule has 4 rings (SSSR count). The number of hydrogen-bond acceptors (Lipinski definition) is 3. The normalized spacial score (nSPS) is 18.5. The standard InChI is InChI=1S/C19H19ClN4O/c20-23-10-2-4-14(11-23)13-6-8-16(9-7-13)24-12-15-3-1-5-17(19(21)25)18(15)22-24/h1,3,5-9,12,14H,2,4,10-11H2,(H2,21,25)/t14-/m0/s1. The van der Waals surface area contributed by atoms with Crippen LogP contribution in [0, 0.1) is 0 Å². The second-order valence-corrected chi connectivity index (χ2v) is 6.96. The number of rotatable bonds is 3. The third-order valence-corrected chi connectivity index (χ3v) is 5.11. The molecule has 0 unspecified atom stereocenters. The zero-order valence-electron chi connectivity index (χ0n) is 13.7. The average Bonchev–Trinajstić information content (AvgIpc) is 3.06. The summed E-state index contributed by atoms with van der Waals surface area (Å²) in [7, 11) is 0. The summed E-state index contributed by atoms with van der Waals surface area (Å²) < 4.78 is 3.66. The van der Waals surface area contributed by atoms with Crippen LogP contribution in [0.25, 0.3) is 16.6 Å². The van der Waals surface area contributed by atoms with E-state index in [1.807, 2.05) is 22.7 Å². The van der Waals surface area contributed by atoms with Crippen molar-refractivity contribution in [3.8, 4) is 5.69 Å². The number of fused-ring (bicyclic) bond motifs is 1. The zero-order valence-corrected chi connectivity index (χ0v) is 14.5. The van der Waals surface area contributed by atoms with Crippen LogP contribution in [-0.4, -0.2) is 33.2 Å². The second-order valence-electron chi connectivity index (χ2n) is 6.48. The molecule has 1 aromatic heterocycles. The minimum atomic E-state index is -0.464. The van der Waals surface area contributed by atoms with Gasteiger partial charge in [-0.05, 0) is 54.3 Å². The molecule has 1 amide bonds. The molecule has 1 aliphatic heterocycles. The number of aromatic nitrogens is 2. The Kier molecular flexibility index (Phi) is 4.19. The largest absolute Gasteiger partial charge is 0.366 e. The number of primary amides is 1. The topological polar surface area (TPSA) is 64.2 Å². The van der Waals surface area contributed by atoms with Crippen LogP contribution in [0.15, 0.2) is 48.7 Å². The average molecular weight is 355 g/mol. The van der Waals surface area contributed by atoms with E-state index < -0.39 is 5.91 Å². The number of benzene rings is 2. The Hall–Kier alpha value is -2.37. The van der Waals surface area contributed by atoms with E-state index in [9.17, 15) is 4.79 Å². The third-order valence-electron chi connectivity index (χ3n) is 4.80. The fraction of sp³-hybridized carbons (Fsp3) is 0.263. The van der Waals surface area contributed by atoms with Crippen LogP contribution in [0.5, 0.6) is 0 Å². The lowest BCUT2D eigenvalue weighted by atomic mass is 9.91. The van der Waals surface area contributed by atoms with Gasteiger partial charge in [0.1, 0.15) is 5.52 Å². The molecular formula is C19H19ClN4O. The summed E-state index contributed by atoms with van der Waals surface area (Å²) in [6, 6.07) is 13.8. The molecule has 6 heteroatoms. The Morgan fingerprint density at radius 1 is 1.20 bits per heavy atom. The summed E-state index contributed by atoms with van der Waals surface area (Å²) >= 11 is 6.16. The third kappa shape index (κ3) is 3.13. The van der Waals surface area contributed by atoms with Gasteiger partial charge in [-0.1, -0.05) is 24.3 Å². The van der Waals surface area contributed by atoms with Gasteiger partial charge in [0, 0.05) is 24.7 Å². The summed E-state index contributed by atoms with van der Waals surface area (Å²) in [5.41, 5.74) is 8.76. The van der Waals surface area contributed by atoms with Gasteiger partial charge in [-0.25, -0.2) is 9.10 Å². The SMILES string of the molecule is NC(=O)c1cccc2cn(-c3ccc([C@H]4CCCN(Cl)C4)cc3)nc12. The van der Waals surface area contributed by atoms with Gasteiger partial charge in [0.25, 0.3) is 5.91 Å². The van der Waals surface area contributed by atoms with Crippen LogP contribution < -0.4 is 5.73 Å². The fourth-order valence-corrected chi connectivity index (χ4v) is 3.76. The molecule has 0 aliphatic carbocycles. The van der Waals surface area contributed by atoms with E-state index in [1.54, 1.807) is 10.7 Å². The van der Waals surface area contributed by atoms with Crippen molar-refractivity contribution in [2.45, 2.75) is 18.8 Å². The van der Waals surface area contributed by atoms with Crippen LogP contribution in [-0.2, 0) is 0 Å². The van der Waals surface area contributed by atoms with Gasteiger partial charge in [-0.15, -0.1) is 0 Å². The molecule has 1 fully saturated rings. The Balaban J connectivity index is 1.65. The maximum absolute atomic E-state index is 11.6. The van der Waals surface area contributed by atoms with Crippen molar-refractivity contribution in [3.63, 3.8) is 0 Å². The van der Waals surface area contributed by atoms with Crippen LogP contribution in [0.3, 0.4) is 0 Å². The van der Waals surface area contributed by atoms with Crippen molar-refractivity contribution in [2.75, 3.05) is 13.1 Å². The van der Waals surface area contributed by atoms with E-state index in [4.69, 9.17) is 17.5 Å². The monoisotopic (exact) mass is 354 g/mol. The first kappa shape index (κ1) is 16.1. The fourth-order valence-electron chi connectivity index (χ4n) is 3.48. The summed E-state index contributed by atoms with van der Waals surface area (Å²) in [6.45, 7) is 1.84. The summed E-state index contributed by atoms with van der Waals surface area (Å²) in [4.78, 5) is 11.6. The molecule has 25 heavy (non-hydrogen) atoms. The van der Waals surface area contributed by atoms with Crippen LogP contribution >= 0.6 is 11.8 Å². The first-order chi connectivity index (χ1) is 12.1. The first-order valence-corrected chi connectivity index (χ1v) is 8.75. The van der Waals surface area contributed by atoms with Gasteiger partial charge < -0.3 is 5.73 Å². The molecule has 1 saturated heterocycles. The Bertz CT molecular complexity index is 919. The highest BCUT2D eigenvalue weighted by Crippen LogP contribution is 2.28. The number of carbonyl (C=O) groups is 1. The number of amides is 1. The van der Waals surface area contributed by atoms with E-state index in [0.29, 0.717) is 17.0 Å². The highest BCUT2D eigenvalue weighted by atomic mass is 35.5. The van der Waals surface area contributed by atoms with Gasteiger partial charge in [0.05, 0.1) is 11.3 Å². The Morgan fingerprint density at radius 2 is 2.00 bits per heavy atom. The van der Waals surface area contributed by atoms with Gasteiger partial charge >= 0.3 is 0 Å². The number of carbonyl (C=O) groups excluding carboxylic acids is 1. The lowest BCUT2D eigenvalue weighted by molar-refractivity contribution is 0.100. The highest BCUT2D eigenvalue weighted by Gasteiger charge is 2.20. The van der Waals surface area contributed by atoms with E-state index in [-0.39, 0.29) is 0 Å². The smallest absolute Gasteiger partial charge is 0.250 e. The maximum atomic E-state index is 11.6. The summed E-state index contributed by atoms with van der Waals surface area (Å²) in [5, 5.41) is 5.44. The molecule has 2 heterocycles. The second kappa shape index (κ2) is 6.50. The van der Waals surface area contributed by atoms with Crippen molar-refractivity contribution >= 4 is 28.6 Å². The van der Waals surface area contributed by atoms with Gasteiger partial charge in [-0.3, -0.25) is 4.79 Å². The molecule has 1 atom stereocenters. The Labute approximate surface area is 151 Å². The van der Waals surface area contributed by atoms with Crippen LogP contribution in [0.4, 0.5) is 0 Å².